The average Bonchev–Trinajstić information content (AvgIpc) is 1.62. The number of imidazole rings is 4. The van der Waals surface area contributed by atoms with Crippen LogP contribution in [0, 0.1) is 11.8 Å². The van der Waals surface area contributed by atoms with Crippen molar-refractivity contribution in [3.63, 3.8) is 0 Å². The van der Waals surface area contributed by atoms with Gasteiger partial charge in [-0.25, -0.2) is 19.9 Å². The molecule has 32 heteroatoms. The van der Waals surface area contributed by atoms with Crippen LogP contribution >= 0.6 is 0 Å². The summed E-state index contributed by atoms with van der Waals surface area (Å²) in [7, 11) is 0. The zero-order valence-corrected chi connectivity index (χ0v) is 76.6. The van der Waals surface area contributed by atoms with E-state index in [1.165, 1.54) is 0 Å². The van der Waals surface area contributed by atoms with Crippen molar-refractivity contribution in [2.24, 2.45) is 11.8 Å². The number of nitrogens with one attached hydrogen (secondary N) is 12. The number of carbonyl (C=O) groups is 4. The molecule has 24 aromatic rings. The van der Waals surface area contributed by atoms with Crippen molar-refractivity contribution in [1.29, 1.82) is 0 Å². The summed E-state index contributed by atoms with van der Waals surface area (Å²) in [5.74, 6) is 3.12. The Labute approximate surface area is 807 Å². The maximum atomic E-state index is 12.4. The van der Waals surface area contributed by atoms with Crippen LogP contribution in [-0.2, 0) is 19.2 Å². The summed E-state index contributed by atoms with van der Waals surface area (Å²) in [5, 5.41) is 46.3. The number of furan rings is 4. The predicted molar refractivity (Wildman–Crippen MR) is 547 cm³/mol. The molecule has 16 aromatic heterocycles. The molecular weight excluding hydrogens is 1790 g/mol. The second-order valence-corrected chi connectivity index (χ2v) is 35.2. The van der Waals surface area contributed by atoms with Gasteiger partial charge in [0.25, 0.3) is 0 Å². The zero-order valence-electron chi connectivity index (χ0n) is 76.6. The number of hydrogen-bond acceptors (Lipinski definition) is 20. The lowest BCUT2D eigenvalue weighted by Crippen LogP contribution is -2.28. The van der Waals surface area contributed by atoms with E-state index in [1.54, 1.807) is 99.7 Å². The van der Waals surface area contributed by atoms with Crippen LogP contribution in [0.1, 0.15) is 78.1 Å². The summed E-state index contributed by atoms with van der Waals surface area (Å²) in [5.41, 5.74) is 31.9. The van der Waals surface area contributed by atoms with Crippen LogP contribution in [0.3, 0.4) is 0 Å². The highest BCUT2D eigenvalue weighted by atomic mass is 16.3. The summed E-state index contributed by atoms with van der Waals surface area (Å²) < 4.78 is 21.1. The smallest absolute Gasteiger partial charge is 0.227 e. The first-order valence-corrected chi connectivity index (χ1v) is 46.9. The van der Waals surface area contributed by atoms with Crippen molar-refractivity contribution in [1.82, 2.24) is 101 Å². The molecule has 32 nitrogen and oxygen atoms in total. The van der Waals surface area contributed by atoms with Crippen LogP contribution in [0.2, 0.25) is 0 Å². The standard InChI is InChI=1S/C28H22N6O2.C28H24N6O2.C27H20N6O2.C27H22N6O2/c35-28(16-3-1-4-16)30-20-11-19(13-29-14-20)17-7-8-23-22(12-17)26(34-33-23)27-31-24-6-2-5-21(25(24)32-27)18-9-10-36-15-18;1-2-3-7-25(35)30-20-12-19(14-29-15-20)17-8-9-23-22(13-17)27(34-33-23)28-31-24-6-4-5-21(26(24)32-28)18-10-11-36-16-18;34-27(15-4-5-15)29-19-10-18(12-28-13-19)16-6-7-22-21(11-16)25(33-32-22)26-30-23-3-1-2-20(24(23)31-26)17-8-9-35-14-17;1-2-4-24(34)29-19-11-18(13-28-14-19)16-7-8-22-21(12-16)26(33-32-22)27-30-23-6-3-5-20(25(23)31-27)17-9-10-35-15-17/h2,5-16H,1,3-4H2,(H,30,35)(H,31,32)(H,33,34);4-6,8-16H,2-3,7H2,1H3,(H,30,35)(H,31,32)(H,33,34);1-3,6-15H,4-5H2,(H,29,34)(H,30,31)(H,32,33);3,5-15H,2,4H2,1H3,(H,29,34)(H,30,31)(H,32,33). The van der Waals surface area contributed by atoms with Gasteiger partial charge in [0, 0.05) is 138 Å². The Morgan fingerprint density at radius 2 is 0.599 bits per heavy atom. The topological polar surface area (TPSA) is 450 Å². The summed E-state index contributed by atoms with van der Waals surface area (Å²) in [6, 6.07) is 63.9. The highest BCUT2D eigenvalue weighted by molar-refractivity contribution is 6.05. The normalized spacial score (nSPS) is 12.5. The number of unbranched alkanes of at least 4 members (excludes halogenated alkanes) is 1. The van der Waals surface area contributed by atoms with E-state index in [9.17, 15) is 19.2 Å². The third-order valence-corrected chi connectivity index (χ3v) is 25.6. The maximum absolute atomic E-state index is 12.4. The number of anilines is 4. The molecule has 2 aliphatic carbocycles. The van der Waals surface area contributed by atoms with E-state index in [0.29, 0.717) is 58.9 Å². The number of hydrogen-bond donors (Lipinski definition) is 12. The first-order valence-electron chi connectivity index (χ1n) is 46.9. The fourth-order valence-electron chi connectivity index (χ4n) is 17.9. The second kappa shape index (κ2) is 38.0. The highest BCUT2D eigenvalue weighted by Gasteiger charge is 2.31. The Balaban J connectivity index is 0.000000105. The molecule has 0 radical (unpaired) electrons. The van der Waals surface area contributed by atoms with Crippen LogP contribution < -0.4 is 21.3 Å². The number of carbonyl (C=O) groups excluding carboxylic acids is 4. The average molecular weight is 1870 g/mol. The molecule has 2 aliphatic rings. The summed E-state index contributed by atoms with van der Waals surface area (Å²) in [4.78, 5) is 99.3. The second-order valence-electron chi connectivity index (χ2n) is 35.2. The van der Waals surface area contributed by atoms with E-state index in [2.05, 4.69) is 133 Å². The third-order valence-electron chi connectivity index (χ3n) is 25.6. The van der Waals surface area contributed by atoms with Gasteiger partial charge in [-0.15, -0.1) is 0 Å². The molecule has 4 amide bonds. The Kier molecular flexibility index (Phi) is 23.3. The number of aromatic amines is 8. The molecule has 16 heterocycles. The Hall–Kier alpha value is -18.9. The van der Waals surface area contributed by atoms with E-state index >= 15 is 0 Å². The van der Waals surface area contributed by atoms with Gasteiger partial charge in [-0.2, -0.15) is 20.4 Å². The Morgan fingerprint density at radius 1 is 0.303 bits per heavy atom. The molecule has 12 N–H and O–H groups in total. The predicted octanol–water partition coefficient (Wildman–Crippen LogP) is 24.7. The molecule has 0 atom stereocenters. The number of pyridine rings is 4. The number of fused-ring (bicyclic) bond motifs is 8. The third kappa shape index (κ3) is 17.8. The SMILES string of the molecule is CCCC(=O)Nc1cncc(-c2ccc3[nH]nc(-c4nc5c(-c6ccoc6)cccc5[nH]4)c3c2)c1.CCCCC(=O)Nc1cncc(-c2ccc3[nH]nc(-c4nc5c(-c6ccoc6)cccc5[nH]4)c3c2)c1.O=C(Nc1cncc(-c2ccc3[nH]nc(-c4nc5c(-c6ccoc6)cccc5[nH]4)c3c2)c1)C1CC1.O=C(Nc1cncc(-c2ccc3[nH]nc(-c4nc5c(-c6ccoc6)cccc5[nH]4)c3c2)c1)C1CCC1. The van der Waals surface area contributed by atoms with Crippen molar-refractivity contribution < 1.29 is 36.8 Å². The van der Waals surface area contributed by atoms with E-state index in [4.69, 9.17) is 37.6 Å². The molecule has 142 heavy (non-hydrogen) atoms. The number of para-hydroxylation sites is 4. The summed E-state index contributed by atoms with van der Waals surface area (Å²) in [6.45, 7) is 4.05. The molecular formula is C110H88N24O8. The fourth-order valence-corrected chi connectivity index (χ4v) is 17.9. The molecule has 696 valence electrons. The lowest BCUT2D eigenvalue weighted by Gasteiger charge is -2.24. The lowest BCUT2D eigenvalue weighted by atomic mass is 9.85. The summed E-state index contributed by atoms with van der Waals surface area (Å²) >= 11 is 0. The molecule has 8 aromatic carbocycles. The van der Waals surface area contributed by atoms with Gasteiger partial charge in [0.2, 0.25) is 23.6 Å². The van der Waals surface area contributed by atoms with Gasteiger partial charge in [0.1, 0.15) is 22.8 Å². The van der Waals surface area contributed by atoms with Crippen molar-refractivity contribution in [3.8, 4) is 135 Å². The molecule has 0 saturated heterocycles. The number of amides is 4. The molecule has 26 rings (SSSR count). The minimum atomic E-state index is -0.0151. The van der Waals surface area contributed by atoms with Gasteiger partial charge in [-0.3, -0.25) is 59.5 Å². The quantitative estimate of drug-likeness (QED) is 0.0283. The van der Waals surface area contributed by atoms with Gasteiger partial charge in [0.05, 0.1) is 164 Å². The van der Waals surface area contributed by atoms with Gasteiger partial charge in [-0.05, 0) is 182 Å². The van der Waals surface area contributed by atoms with Crippen LogP contribution in [0.15, 0.2) is 311 Å². The van der Waals surface area contributed by atoms with Crippen molar-refractivity contribution in [3.05, 3.63) is 294 Å². The first kappa shape index (κ1) is 87.2. The largest absolute Gasteiger partial charge is 0.472 e. The monoisotopic (exact) mass is 1870 g/mol. The zero-order chi connectivity index (χ0) is 95.7. The van der Waals surface area contributed by atoms with Crippen LogP contribution in [0.5, 0.6) is 0 Å². The van der Waals surface area contributed by atoms with E-state index in [-0.39, 0.29) is 35.5 Å². The number of H-pyrrole nitrogens is 8. The van der Waals surface area contributed by atoms with Gasteiger partial charge in [-0.1, -0.05) is 99.5 Å². The van der Waals surface area contributed by atoms with E-state index < -0.39 is 0 Å². The molecule has 2 fully saturated rings. The Bertz CT molecular complexity index is 8810. The first-order chi connectivity index (χ1) is 69.8. The van der Waals surface area contributed by atoms with Crippen molar-refractivity contribution >= 4 is 134 Å². The number of aromatic nitrogens is 20. The fraction of sp³-hybridized carbons (Fsp3) is 0.127. The van der Waals surface area contributed by atoms with Crippen LogP contribution in [0.25, 0.3) is 223 Å². The van der Waals surface area contributed by atoms with Gasteiger partial charge in [0.15, 0.2) is 23.3 Å². The molecule has 2 saturated carbocycles. The minimum Gasteiger partial charge on any atom is -0.472 e. The van der Waals surface area contributed by atoms with Crippen LogP contribution in [-0.4, -0.2) is 124 Å². The number of benzene rings is 8. The maximum Gasteiger partial charge on any atom is 0.227 e. The van der Waals surface area contributed by atoms with E-state index in [0.717, 1.165) is 251 Å². The number of nitrogens with zero attached hydrogens (tertiary/aromatic N) is 12. The summed E-state index contributed by atoms with van der Waals surface area (Å²) in [6.07, 6.45) is 36.0. The lowest BCUT2D eigenvalue weighted by molar-refractivity contribution is -0.122. The van der Waals surface area contributed by atoms with Crippen molar-refractivity contribution in [2.45, 2.75) is 78.1 Å². The highest BCUT2D eigenvalue weighted by Crippen LogP contribution is 2.42. The van der Waals surface area contributed by atoms with Crippen molar-refractivity contribution in [2.75, 3.05) is 21.3 Å². The Morgan fingerprint density at radius 3 is 0.866 bits per heavy atom. The van der Waals surface area contributed by atoms with E-state index in [1.807, 2.05) is 177 Å². The van der Waals surface area contributed by atoms with Gasteiger partial charge >= 0.3 is 0 Å². The molecule has 0 unspecified atom stereocenters. The molecule has 0 aliphatic heterocycles. The molecule has 0 spiro atoms. The number of rotatable bonds is 23. The minimum absolute atomic E-state index is 0.00282. The van der Waals surface area contributed by atoms with Crippen LogP contribution in [0.4, 0.5) is 22.7 Å². The van der Waals surface area contributed by atoms with Gasteiger partial charge < -0.3 is 58.9 Å². The molecule has 0 bridgehead atoms.